The van der Waals surface area contributed by atoms with Crippen LogP contribution >= 0.6 is 0 Å². The molecule has 68 heavy (non-hydrogen) atoms. The summed E-state index contributed by atoms with van der Waals surface area (Å²) in [6.45, 7) is 4.15. The van der Waals surface area contributed by atoms with E-state index in [2.05, 4.69) is 153 Å². The molecule has 0 radical (unpaired) electrons. The highest BCUT2D eigenvalue weighted by molar-refractivity contribution is 5.76. The van der Waals surface area contributed by atoms with E-state index in [1.54, 1.807) is 6.08 Å². The molecule has 0 heterocycles. The third-order valence-corrected chi connectivity index (χ3v) is 11.8. The van der Waals surface area contributed by atoms with E-state index in [0.717, 1.165) is 96.3 Å². The van der Waals surface area contributed by atoms with E-state index in [1.807, 2.05) is 6.08 Å². The highest BCUT2D eigenvalue weighted by atomic mass is 16.3. The van der Waals surface area contributed by atoms with Crippen molar-refractivity contribution in [3.05, 3.63) is 146 Å². The largest absolute Gasteiger partial charge is 0.394 e. The monoisotopic (exact) mass is 936 g/mol. The van der Waals surface area contributed by atoms with Crippen molar-refractivity contribution in [3.8, 4) is 0 Å². The standard InChI is InChI=1S/C64H105NO3/c1-3-5-7-9-11-13-15-17-19-20-21-22-23-24-25-26-27-28-29-30-31-32-33-34-35-36-37-38-39-40-41-42-43-44-46-48-50-52-54-56-58-60-64(68)65-62(61-66)63(67)59-57-55-53-51-49-47-45-18-16-14-12-10-8-6-4-2/h5,7,11,13,16-19,21-22,24-25,27-28,30-31,33-34,36-37,49,51,57,59,62-63,66-67H,3-4,6,8-10,12,14-15,20,23,26,29,32,35,38-48,50,52-56,58,60-61H2,1-2H3,(H,65,68)/b7-5-,13-11-,18-16+,19-17-,22-21-,25-24-,28-27-,31-30-,34-33-,37-36-,51-49+,59-57+. The molecule has 2 unspecified atom stereocenters. The Morgan fingerprint density at radius 3 is 1.03 bits per heavy atom. The Labute approximate surface area is 421 Å². The molecular weight excluding hydrogens is 831 g/mol. The van der Waals surface area contributed by atoms with Gasteiger partial charge in [-0.3, -0.25) is 4.79 Å². The summed E-state index contributed by atoms with van der Waals surface area (Å²) >= 11 is 0. The second-order valence-corrected chi connectivity index (χ2v) is 18.2. The van der Waals surface area contributed by atoms with Crippen LogP contribution in [-0.2, 0) is 4.79 Å². The lowest BCUT2D eigenvalue weighted by Crippen LogP contribution is -2.45. The molecule has 0 aromatic carbocycles. The zero-order chi connectivity index (χ0) is 49.2. The van der Waals surface area contributed by atoms with Crippen LogP contribution in [0.4, 0.5) is 0 Å². The van der Waals surface area contributed by atoms with Gasteiger partial charge in [0.05, 0.1) is 18.8 Å². The first kappa shape index (κ1) is 64.3. The van der Waals surface area contributed by atoms with Gasteiger partial charge in [-0.05, 0) is 116 Å². The number of hydrogen-bond acceptors (Lipinski definition) is 3. The highest BCUT2D eigenvalue weighted by Gasteiger charge is 2.17. The molecule has 4 heteroatoms. The van der Waals surface area contributed by atoms with Crippen LogP contribution in [0.15, 0.2) is 146 Å². The maximum absolute atomic E-state index is 12.4. The Bertz CT molecular complexity index is 1430. The fourth-order valence-corrected chi connectivity index (χ4v) is 7.55. The van der Waals surface area contributed by atoms with Crippen molar-refractivity contribution < 1.29 is 15.0 Å². The van der Waals surface area contributed by atoms with Crippen LogP contribution in [0.3, 0.4) is 0 Å². The predicted molar refractivity (Wildman–Crippen MR) is 303 cm³/mol. The lowest BCUT2D eigenvalue weighted by molar-refractivity contribution is -0.123. The minimum Gasteiger partial charge on any atom is -0.394 e. The summed E-state index contributed by atoms with van der Waals surface area (Å²) in [6, 6.07) is -0.654. The molecule has 0 saturated heterocycles. The van der Waals surface area contributed by atoms with Crippen LogP contribution in [-0.4, -0.2) is 34.9 Å². The molecule has 0 aliphatic heterocycles. The van der Waals surface area contributed by atoms with Crippen LogP contribution in [0.25, 0.3) is 0 Å². The fraction of sp³-hybridized carbons (Fsp3) is 0.609. The minimum absolute atomic E-state index is 0.0855. The topological polar surface area (TPSA) is 69.6 Å². The fourth-order valence-electron chi connectivity index (χ4n) is 7.55. The van der Waals surface area contributed by atoms with E-state index in [4.69, 9.17) is 0 Å². The van der Waals surface area contributed by atoms with Crippen molar-refractivity contribution >= 4 is 5.91 Å². The van der Waals surface area contributed by atoms with Gasteiger partial charge in [0.25, 0.3) is 0 Å². The van der Waals surface area contributed by atoms with Crippen molar-refractivity contribution in [1.29, 1.82) is 0 Å². The molecule has 4 nitrogen and oxygen atoms in total. The minimum atomic E-state index is -0.878. The predicted octanol–water partition coefficient (Wildman–Crippen LogP) is 18.8. The Balaban J connectivity index is 3.60. The second kappa shape index (κ2) is 57.6. The summed E-state index contributed by atoms with van der Waals surface area (Å²) in [4.78, 5) is 12.4. The molecule has 3 N–H and O–H groups in total. The van der Waals surface area contributed by atoms with E-state index in [0.29, 0.717) is 6.42 Å². The van der Waals surface area contributed by atoms with E-state index < -0.39 is 12.1 Å². The molecule has 0 spiro atoms. The van der Waals surface area contributed by atoms with Gasteiger partial charge in [0.2, 0.25) is 5.91 Å². The normalized spacial score (nSPS) is 14.0. The first-order valence-electron chi connectivity index (χ1n) is 28.0. The molecule has 0 bridgehead atoms. The lowest BCUT2D eigenvalue weighted by atomic mass is 10.0. The quantitative estimate of drug-likeness (QED) is 0.0420. The second-order valence-electron chi connectivity index (χ2n) is 18.2. The van der Waals surface area contributed by atoms with E-state index in [1.165, 1.54) is 116 Å². The number of hydrogen-bond donors (Lipinski definition) is 3. The smallest absolute Gasteiger partial charge is 0.220 e. The molecule has 1 amide bonds. The number of nitrogens with one attached hydrogen (secondary N) is 1. The van der Waals surface area contributed by atoms with Gasteiger partial charge >= 0.3 is 0 Å². The number of carbonyl (C=O) groups excluding carboxylic acids is 1. The first-order chi connectivity index (χ1) is 33.7. The van der Waals surface area contributed by atoms with Gasteiger partial charge in [0, 0.05) is 6.42 Å². The molecule has 2 atom stereocenters. The van der Waals surface area contributed by atoms with Crippen molar-refractivity contribution in [1.82, 2.24) is 5.32 Å². The molecule has 0 aromatic rings. The number of amides is 1. The van der Waals surface area contributed by atoms with Gasteiger partial charge in [-0.2, -0.15) is 0 Å². The van der Waals surface area contributed by atoms with E-state index in [9.17, 15) is 15.0 Å². The summed E-state index contributed by atoms with van der Waals surface area (Å²) in [7, 11) is 0. The molecule has 0 aliphatic rings. The summed E-state index contributed by atoms with van der Waals surface area (Å²) < 4.78 is 0. The first-order valence-corrected chi connectivity index (χ1v) is 28.0. The van der Waals surface area contributed by atoms with Crippen LogP contribution in [0.5, 0.6) is 0 Å². The summed E-state index contributed by atoms with van der Waals surface area (Å²) in [5.74, 6) is -0.0855. The average molecular weight is 937 g/mol. The van der Waals surface area contributed by atoms with Crippen LogP contribution in [0.2, 0.25) is 0 Å². The van der Waals surface area contributed by atoms with Gasteiger partial charge in [-0.1, -0.05) is 256 Å². The average Bonchev–Trinajstić information content (AvgIpc) is 3.34. The Hall–Kier alpha value is -3.73. The molecule has 0 aromatic heterocycles. The van der Waals surface area contributed by atoms with Crippen LogP contribution in [0.1, 0.15) is 232 Å². The molecule has 0 saturated carbocycles. The number of unbranched alkanes of at least 4 members (excludes halogenated alkanes) is 20. The van der Waals surface area contributed by atoms with Crippen molar-refractivity contribution in [2.24, 2.45) is 0 Å². The van der Waals surface area contributed by atoms with E-state index in [-0.39, 0.29) is 12.5 Å². The van der Waals surface area contributed by atoms with Gasteiger partial charge in [-0.15, -0.1) is 0 Å². The number of carbonyl (C=O) groups is 1. The van der Waals surface area contributed by atoms with Gasteiger partial charge in [0.15, 0.2) is 0 Å². The van der Waals surface area contributed by atoms with Crippen LogP contribution < -0.4 is 5.32 Å². The third kappa shape index (κ3) is 53.2. The Kier molecular flexibility index (Phi) is 54.4. The number of aliphatic hydroxyl groups excluding tert-OH is 2. The maximum Gasteiger partial charge on any atom is 0.220 e. The van der Waals surface area contributed by atoms with Crippen molar-refractivity contribution in [2.75, 3.05) is 6.61 Å². The Morgan fingerprint density at radius 2 is 0.662 bits per heavy atom. The third-order valence-electron chi connectivity index (χ3n) is 11.8. The van der Waals surface area contributed by atoms with Crippen molar-refractivity contribution in [2.45, 2.75) is 244 Å². The molecule has 0 rings (SSSR count). The lowest BCUT2D eigenvalue weighted by Gasteiger charge is -2.19. The zero-order valence-corrected chi connectivity index (χ0v) is 44.1. The highest BCUT2D eigenvalue weighted by Crippen LogP contribution is 2.14. The van der Waals surface area contributed by atoms with E-state index >= 15 is 0 Å². The molecular formula is C64H105NO3. The number of allylic oxidation sites excluding steroid dienone is 23. The number of rotatable bonds is 49. The molecule has 384 valence electrons. The van der Waals surface area contributed by atoms with Crippen molar-refractivity contribution in [3.63, 3.8) is 0 Å². The molecule has 0 aliphatic carbocycles. The SMILES string of the molecule is CC/C=C\C/C=C\C/C=C\C/C=C\C/C=C\C/C=C\C/C=C\C/C=C\C/C=C\CCCCCCCCCCCCCCCC(=O)NC(CO)C(O)/C=C/CC/C=C/CC/C=C/CCCCCCC. The Morgan fingerprint density at radius 1 is 0.368 bits per heavy atom. The van der Waals surface area contributed by atoms with Crippen LogP contribution in [0, 0.1) is 0 Å². The summed E-state index contributed by atoms with van der Waals surface area (Å²) in [6.07, 6.45) is 91.4. The van der Waals surface area contributed by atoms with Gasteiger partial charge in [-0.25, -0.2) is 0 Å². The van der Waals surface area contributed by atoms with Gasteiger partial charge < -0.3 is 15.5 Å². The summed E-state index contributed by atoms with van der Waals surface area (Å²) in [5, 5.41) is 23.1. The molecule has 0 fully saturated rings. The zero-order valence-electron chi connectivity index (χ0n) is 44.1. The van der Waals surface area contributed by atoms with Gasteiger partial charge in [0.1, 0.15) is 0 Å². The number of aliphatic hydroxyl groups is 2. The summed E-state index contributed by atoms with van der Waals surface area (Å²) in [5.41, 5.74) is 0. The maximum atomic E-state index is 12.4.